The van der Waals surface area contributed by atoms with Crippen molar-refractivity contribution in [3.63, 3.8) is 0 Å². The quantitative estimate of drug-likeness (QED) is 0.781. The molecule has 6 heteroatoms. The average Bonchev–Trinajstić information content (AvgIpc) is 3.22. The lowest BCUT2D eigenvalue weighted by atomic mass is 9.99. The Balaban J connectivity index is 1.69. The molecule has 1 aliphatic rings. The summed E-state index contributed by atoms with van der Waals surface area (Å²) in [5.74, 6) is 1.11. The van der Waals surface area contributed by atoms with E-state index in [-0.39, 0.29) is 11.1 Å². The summed E-state index contributed by atoms with van der Waals surface area (Å²) < 4.78 is 1.83. The highest BCUT2D eigenvalue weighted by atomic mass is 16.1. The van der Waals surface area contributed by atoms with Gasteiger partial charge in [-0.15, -0.1) is 0 Å². The number of fused-ring (bicyclic) bond motifs is 1. The molecule has 0 bridgehead atoms. The molecule has 0 spiro atoms. The molecule has 1 N–H and O–H groups in total. The molecule has 1 unspecified atom stereocenters. The second-order valence-electron chi connectivity index (χ2n) is 7.70. The van der Waals surface area contributed by atoms with Crippen molar-refractivity contribution in [2.75, 3.05) is 18.0 Å². The number of hydrogen-bond donors (Lipinski definition) is 1. The van der Waals surface area contributed by atoms with Gasteiger partial charge in [0, 0.05) is 19.0 Å². The molecular weight excluding hydrogens is 314 g/mol. The summed E-state index contributed by atoms with van der Waals surface area (Å²) in [7, 11) is 0. The topological polar surface area (TPSA) is 66.8 Å². The van der Waals surface area contributed by atoms with Gasteiger partial charge in [0.25, 0.3) is 5.56 Å². The molecule has 1 fully saturated rings. The fourth-order valence-electron chi connectivity index (χ4n) is 3.50. The third kappa shape index (κ3) is 2.81. The number of nitrogens with one attached hydrogen (secondary N) is 1. The number of aromatic nitrogens is 4. The van der Waals surface area contributed by atoms with Crippen LogP contribution in [0.25, 0.3) is 11.0 Å². The van der Waals surface area contributed by atoms with E-state index in [0.29, 0.717) is 22.9 Å². The molecule has 2 aromatic heterocycles. The third-order valence-corrected chi connectivity index (χ3v) is 4.82. The number of hydrogen-bond acceptors (Lipinski definition) is 4. The predicted octanol–water partition coefficient (Wildman–Crippen LogP) is 2.87. The van der Waals surface area contributed by atoms with Gasteiger partial charge in [0.1, 0.15) is 5.39 Å². The highest BCUT2D eigenvalue weighted by Gasteiger charge is 2.27. The molecular formula is C19H23N5O. The normalized spacial score (nSPS) is 18.2. The lowest BCUT2D eigenvalue weighted by molar-refractivity contribution is 0.366. The summed E-state index contributed by atoms with van der Waals surface area (Å²) in [5, 5.41) is 4.91. The van der Waals surface area contributed by atoms with Crippen LogP contribution in [0.3, 0.4) is 0 Å². The van der Waals surface area contributed by atoms with E-state index in [1.165, 1.54) is 5.56 Å². The van der Waals surface area contributed by atoms with Crippen LogP contribution in [0, 0.1) is 0 Å². The Morgan fingerprint density at radius 3 is 2.68 bits per heavy atom. The number of rotatable bonds is 2. The first-order valence-electron chi connectivity index (χ1n) is 8.72. The SMILES string of the molecule is CC(C)(C)n1ncc2c(=O)[nH]c(N3CCC(c4ccccc4)C3)nc21. The molecule has 1 aliphatic heterocycles. The van der Waals surface area contributed by atoms with E-state index in [1.54, 1.807) is 6.20 Å². The van der Waals surface area contributed by atoms with Gasteiger partial charge in [0.2, 0.25) is 5.95 Å². The summed E-state index contributed by atoms with van der Waals surface area (Å²) >= 11 is 0. The maximum absolute atomic E-state index is 12.5. The van der Waals surface area contributed by atoms with Crippen LogP contribution in [0.1, 0.15) is 38.7 Å². The fraction of sp³-hybridized carbons (Fsp3) is 0.421. The third-order valence-electron chi connectivity index (χ3n) is 4.82. The molecule has 3 heterocycles. The van der Waals surface area contributed by atoms with Gasteiger partial charge in [-0.05, 0) is 32.8 Å². The van der Waals surface area contributed by atoms with Crippen LogP contribution in [0.15, 0.2) is 41.3 Å². The second-order valence-corrected chi connectivity index (χ2v) is 7.70. The zero-order valence-corrected chi connectivity index (χ0v) is 14.9. The summed E-state index contributed by atoms with van der Waals surface area (Å²) in [6.07, 6.45) is 2.66. The minimum atomic E-state index is -0.225. The van der Waals surface area contributed by atoms with Crippen LogP contribution >= 0.6 is 0 Å². The minimum absolute atomic E-state index is 0.126. The molecule has 25 heavy (non-hydrogen) atoms. The zero-order chi connectivity index (χ0) is 17.6. The van der Waals surface area contributed by atoms with Gasteiger partial charge in [0.05, 0.1) is 11.7 Å². The maximum atomic E-state index is 12.5. The Morgan fingerprint density at radius 1 is 1.20 bits per heavy atom. The van der Waals surface area contributed by atoms with Gasteiger partial charge in [0.15, 0.2) is 5.65 Å². The number of anilines is 1. The van der Waals surface area contributed by atoms with Crippen molar-refractivity contribution in [1.82, 2.24) is 19.7 Å². The van der Waals surface area contributed by atoms with Gasteiger partial charge in [-0.25, -0.2) is 4.68 Å². The van der Waals surface area contributed by atoms with Gasteiger partial charge in [-0.2, -0.15) is 10.1 Å². The monoisotopic (exact) mass is 337 g/mol. The molecule has 0 radical (unpaired) electrons. The molecule has 6 nitrogen and oxygen atoms in total. The molecule has 1 aromatic carbocycles. The van der Waals surface area contributed by atoms with E-state index in [1.807, 2.05) is 10.7 Å². The Labute approximate surface area is 146 Å². The number of benzene rings is 1. The van der Waals surface area contributed by atoms with Gasteiger partial charge in [-0.1, -0.05) is 30.3 Å². The molecule has 1 saturated heterocycles. The van der Waals surface area contributed by atoms with E-state index < -0.39 is 0 Å². The molecule has 0 saturated carbocycles. The van der Waals surface area contributed by atoms with E-state index in [9.17, 15) is 4.79 Å². The highest BCUT2D eigenvalue weighted by molar-refractivity contribution is 5.74. The molecule has 4 rings (SSSR count). The Bertz CT molecular complexity index is 951. The predicted molar refractivity (Wildman–Crippen MR) is 99.2 cm³/mol. The summed E-state index contributed by atoms with van der Waals surface area (Å²) in [6, 6.07) is 10.5. The van der Waals surface area contributed by atoms with E-state index >= 15 is 0 Å². The maximum Gasteiger partial charge on any atom is 0.263 e. The Hall–Kier alpha value is -2.63. The van der Waals surface area contributed by atoms with Crippen LogP contribution in [0.5, 0.6) is 0 Å². The molecule has 3 aromatic rings. The molecule has 130 valence electrons. The van der Waals surface area contributed by atoms with Crippen LogP contribution in [0.2, 0.25) is 0 Å². The van der Waals surface area contributed by atoms with Crippen molar-refractivity contribution in [1.29, 1.82) is 0 Å². The first-order valence-corrected chi connectivity index (χ1v) is 8.72. The van der Waals surface area contributed by atoms with Gasteiger partial charge < -0.3 is 4.90 Å². The van der Waals surface area contributed by atoms with Gasteiger partial charge >= 0.3 is 0 Å². The van der Waals surface area contributed by atoms with Gasteiger partial charge in [-0.3, -0.25) is 9.78 Å². The van der Waals surface area contributed by atoms with Crippen molar-refractivity contribution in [3.05, 3.63) is 52.4 Å². The minimum Gasteiger partial charge on any atom is -0.342 e. The summed E-state index contributed by atoms with van der Waals surface area (Å²) in [5.41, 5.74) is 1.64. The van der Waals surface area contributed by atoms with Crippen LogP contribution in [0.4, 0.5) is 5.95 Å². The average molecular weight is 337 g/mol. The number of nitrogens with zero attached hydrogens (tertiary/aromatic N) is 4. The van der Waals surface area contributed by atoms with Crippen molar-refractivity contribution in [2.45, 2.75) is 38.6 Å². The largest absolute Gasteiger partial charge is 0.342 e. The van der Waals surface area contributed by atoms with Crippen molar-refractivity contribution in [2.24, 2.45) is 0 Å². The lowest BCUT2D eigenvalue weighted by Crippen LogP contribution is -2.27. The Morgan fingerprint density at radius 2 is 1.96 bits per heavy atom. The summed E-state index contributed by atoms with van der Waals surface area (Å²) in [6.45, 7) is 7.93. The summed E-state index contributed by atoms with van der Waals surface area (Å²) in [4.78, 5) is 22.3. The molecule has 0 amide bonds. The number of H-pyrrole nitrogens is 1. The van der Waals surface area contributed by atoms with E-state index in [4.69, 9.17) is 4.98 Å². The van der Waals surface area contributed by atoms with Crippen molar-refractivity contribution in [3.8, 4) is 0 Å². The first kappa shape index (κ1) is 15.9. The zero-order valence-electron chi connectivity index (χ0n) is 14.9. The highest BCUT2D eigenvalue weighted by Crippen LogP contribution is 2.29. The van der Waals surface area contributed by atoms with E-state index in [0.717, 1.165) is 19.5 Å². The Kier molecular flexibility index (Phi) is 3.63. The standard InChI is InChI=1S/C19H23N5O/c1-19(2,3)24-16-15(11-20-24)17(25)22-18(21-16)23-10-9-14(12-23)13-7-5-4-6-8-13/h4-8,11,14H,9-10,12H2,1-3H3,(H,21,22,25). The lowest BCUT2D eigenvalue weighted by Gasteiger charge is -2.21. The van der Waals surface area contributed by atoms with E-state index in [2.05, 4.69) is 60.0 Å². The van der Waals surface area contributed by atoms with Crippen LogP contribution in [-0.2, 0) is 5.54 Å². The molecule has 0 aliphatic carbocycles. The van der Waals surface area contributed by atoms with Crippen LogP contribution in [-0.4, -0.2) is 32.8 Å². The molecule has 1 atom stereocenters. The van der Waals surface area contributed by atoms with Crippen molar-refractivity contribution >= 4 is 17.0 Å². The van der Waals surface area contributed by atoms with Crippen molar-refractivity contribution < 1.29 is 0 Å². The number of aromatic amines is 1. The fourth-order valence-corrected chi connectivity index (χ4v) is 3.50. The second kappa shape index (κ2) is 5.72. The first-order chi connectivity index (χ1) is 11.9. The van der Waals surface area contributed by atoms with Crippen LogP contribution < -0.4 is 10.5 Å². The smallest absolute Gasteiger partial charge is 0.263 e.